The first kappa shape index (κ1) is 18.3. The second kappa shape index (κ2) is 8.02. The van der Waals surface area contributed by atoms with E-state index >= 15 is 0 Å². The second-order valence-corrected chi connectivity index (χ2v) is 7.82. The first-order valence-electron chi connectivity index (χ1n) is 8.40. The number of hydrogen-bond acceptors (Lipinski definition) is 3. The fourth-order valence-corrected chi connectivity index (χ4v) is 3.00. The maximum atomic E-state index is 11.6. The molecule has 0 aromatic carbocycles. The minimum Gasteiger partial charge on any atom is -0.444 e. The molecule has 0 saturated heterocycles. The molecule has 124 valence electrons. The molecule has 1 fully saturated rings. The number of ether oxygens (including phenoxy) is 1. The molecule has 0 aliphatic heterocycles. The summed E-state index contributed by atoms with van der Waals surface area (Å²) in [5.41, 5.74) is -0.436. The fraction of sp³-hybridized carbons (Fsp3) is 0.941. The number of rotatable bonds is 5. The summed E-state index contributed by atoms with van der Waals surface area (Å²) in [6.45, 7) is 13.0. The van der Waals surface area contributed by atoms with Crippen LogP contribution in [0.3, 0.4) is 0 Å². The average Bonchev–Trinajstić information content (AvgIpc) is 2.34. The van der Waals surface area contributed by atoms with Crippen molar-refractivity contribution in [2.24, 2.45) is 11.8 Å². The maximum absolute atomic E-state index is 11.6. The van der Waals surface area contributed by atoms with Gasteiger partial charge in [-0.3, -0.25) is 0 Å². The van der Waals surface area contributed by atoms with Crippen molar-refractivity contribution in [1.82, 2.24) is 10.6 Å². The van der Waals surface area contributed by atoms with Crippen LogP contribution in [0.25, 0.3) is 0 Å². The van der Waals surface area contributed by atoms with E-state index in [0.717, 1.165) is 11.8 Å². The lowest BCUT2D eigenvalue weighted by Gasteiger charge is -2.34. The van der Waals surface area contributed by atoms with Crippen LogP contribution in [-0.2, 0) is 4.74 Å². The Bertz CT molecular complexity index is 323. The molecule has 1 aliphatic carbocycles. The van der Waals surface area contributed by atoms with Crippen LogP contribution in [0.1, 0.15) is 67.2 Å². The van der Waals surface area contributed by atoms with Crippen molar-refractivity contribution in [1.29, 1.82) is 0 Å². The predicted molar refractivity (Wildman–Crippen MR) is 87.4 cm³/mol. The third-order valence-electron chi connectivity index (χ3n) is 4.13. The maximum Gasteiger partial charge on any atom is 0.407 e. The molecule has 0 spiro atoms. The first-order chi connectivity index (χ1) is 9.67. The number of carbonyl (C=O) groups excluding carboxylic acids is 1. The summed E-state index contributed by atoms with van der Waals surface area (Å²) < 4.78 is 5.25. The highest BCUT2D eigenvalue weighted by molar-refractivity contribution is 5.67. The summed E-state index contributed by atoms with van der Waals surface area (Å²) in [6.07, 6.45) is 4.85. The molecule has 0 heterocycles. The average molecular weight is 298 g/mol. The minimum absolute atomic E-state index is 0.272. The molecule has 2 N–H and O–H groups in total. The van der Waals surface area contributed by atoms with Gasteiger partial charge in [0, 0.05) is 18.6 Å². The molecule has 1 saturated carbocycles. The lowest BCUT2D eigenvalue weighted by molar-refractivity contribution is 0.0521. The molecule has 0 bridgehead atoms. The largest absolute Gasteiger partial charge is 0.444 e. The Morgan fingerprint density at radius 2 is 1.90 bits per heavy atom. The van der Waals surface area contributed by atoms with Gasteiger partial charge in [-0.1, -0.05) is 26.7 Å². The van der Waals surface area contributed by atoms with E-state index in [1.807, 2.05) is 20.8 Å². The highest BCUT2D eigenvalue weighted by Gasteiger charge is 2.25. The molecule has 3 unspecified atom stereocenters. The van der Waals surface area contributed by atoms with Gasteiger partial charge < -0.3 is 15.4 Å². The van der Waals surface area contributed by atoms with Crippen molar-refractivity contribution in [2.75, 3.05) is 6.54 Å². The number of carbonyl (C=O) groups is 1. The molecule has 21 heavy (non-hydrogen) atoms. The molecule has 4 nitrogen and oxygen atoms in total. The zero-order valence-electron chi connectivity index (χ0n) is 14.7. The van der Waals surface area contributed by atoms with Gasteiger partial charge in [0.1, 0.15) is 5.60 Å². The van der Waals surface area contributed by atoms with Gasteiger partial charge in [-0.15, -0.1) is 0 Å². The Labute approximate surface area is 130 Å². The Morgan fingerprint density at radius 3 is 2.48 bits per heavy atom. The lowest BCUT2D eigenvalue weighted by atomic mass is 9.79. The Balaban J connectivity index is 2.27. The third-order valence-corrected chi connectivity index (χ3v) is 4.13. The molecule has 4 heteroatoms. The first-order valence-corrected chi connectivity index (χ1v) is 8.40. The van der Waals surface area contributed by atoms with Crippen LogP contribution in [0.5, 0.6) is 0 Å². The summed E-state index contributed by atoms with van der Waals surface area (Å²) in [5.74, 6) is 1.60. The van der Waals surface area contributed by atoms with Gasteiger partial charge in [-0.05, 0) is 52.4 Å². The van der Waals surface area contributed by atoms with Crippen LogP contribution in [0.15, 0.2) is 0 Å². The standard InChI is InChI=1S/C17H34N2O2/c1-12(2)14-8-7-9-15(10-14)19-13(3)11-18-16(20)21-17(4,5)6/h12-15,19H,7-11H2,1-6H3,(H,18,20). The topological polar surface area (TPSA) is 50.4 Å². The van der Waals surface area contributed by atoms with Crippen LogP contribution in [0.4, 0.5) is 4.79 Å². The van der Waals surface area contributed by atoms with Gasteiger partial charge in [0.2, 0.25) is 0 Å². The summed E-state index contributed by atoms with van der Waals surface area (Å²) in [7, 11) is 0. The van der Waals surface area contributed by atoms with Crippen molar-refractivity contribution in [3.05, 3.63) is 0 Å². The van der Waals surface area contributed by atoms with E-state index in [-0.39, 0.29) is 12.1 Å². The van der Waals surface area contributed by atoms with E-state index in [1.54, 1.807) is 0 Å². The molecule has 0 aromatic heterocycles. The number of nitrogens with one attached hydrogen (secondary N) is 2. The van der Waals surface area contributed by atoms with E-state index < -0.39 is 5.60 Å². The molecule has 0 aromatic rings. The van der Waals surface area contributed by atoms with Crippen LogP contribution < -0.4 is 10.6 Å². The SMILES string of the molecule is CC(CNC(=O)OC(C)(C)C)NC1CCCC(C(C)C)C1. The highest BCUT2D eigenvalue weighted by atomic mass is 16.6. The van der Waals surface area contributed by atoms with Crippen molar-refractivity contribution in [2.45, 2.75) is 84.9 Å². The van der Waals surface area contributed by atoms with Crippen LogP contribution in [0, 0.1) is 11.8 Å². The quantitative estimate of drug-likeness (QED) is 0.813. The van der Waals surface area contributed by atoms with Gasteiger partial charge in [-0.25, -0.2) is 4.79 Å². The number of amides is 1. The van der Waals surface area contributed by atoms with Crippen LogP contribution in [-0.4, -0.2) is 30.3 Å². The van der Waals surface area contributed by atoms with Crippen LogP contribution >= 0.6 is 0 Å². The molecule has 1 rings (SSSR count). The van der Waals surface area contributed by atoms with Crippen LogP contribution in [0.2, 0.25) is 0 Å². The smallest absolute Gasteiger partial charge is 0.407 e. The Morgan fingerprint density at radius 1 is 1.24 bits per heavy atom. The number of hydrogen-bond donors (Lipinski definition) is 2. The van der Waals surface area contributed by atoms with E-state index in [1.165, 1.54) is 25.7 Å². The summed E-state index contributed by atoms with van der Waals surface area (Å²) in [5, 5.41) is 6.49. The predicted octanol–water partition coefficient (Wildman–Crippen LogP) is 3.70. The van der Waals surface area contributed by atoms with Crippen molar-refractivity contribution in [3.8, 4) is 0 Å². The molecule has 1 aliphatic rings. The minimum atomic E-state index is -0.436. The zero-order valence-corrected chi connectivity index (χ0v) is 14.7. The zero-order chi connectivity index (χ0) is 16.0. The van der Waals surface area contributed by atoms with Gasteiger partial charge in [0.05, 0.1) is 0 Å². The van der Waals surface area contributed by atoms with Crippen molar-refractivity contribution >= 4 is 6.09 Å². The third kappa shape index (κ3) is 7.70. The molecule has 3 atom stereocenters. The van der Waals surface area contributed by atoms with Crippen molar-refractivity contribution in [3.63, 3.8) is 0 Å². The molecule has 1 amide bonds. The Kier molecular flexibility index (Phi) is 6.98. The lowest BCUT2D eigenvalue weighted by Crippen LogP contribution is -2.46. The molecular formula is C17H34N2O2. The monoisotopic (exact) mass is 298 g/mol. The highest BCUT2D eigenvalue weighted by Crippen LogP contribution is 2.30. The van der Waals surface area contributed by atoms with Gasteiger partial charge in [0.15, 0.2) is 0 Å². The summed E-state index contributed by atoms with van der Waals surface area (Å²) in [6, 6.07) is 0.856. The van der Waals surface area contributed by atoms with E-state index in [9.17, 15) is 4.79 Å². The van der Waals surface area contributed by atoms with Gasteiger partial charge in [0.25, 0.3) is 0 Å². The molecule has 0 radical (unpaired) electrons. The van der Waals surface area contributed by atoms with E-state index in [0.29, 0.717) is 12.6 Å². The molecular weight excluding hydrogens is 264 g/mol. The van der Waals surface area contributed by atoms with E-state index in [2.05, 4.69) is 31.4 Å². The summed E-state index contributed by atoms with van der Waals surface area (Å²) >= 11 is 0. The van der Waals surface area contributed by atoms with Gasteiger partial charge in [-0.2, -0.15) is 0 Å². The second-order valence-electron chi connectivity index (χ2n) is 7.82. The van der Waals surface area contributed by atoms with Crippen molar-refractivity contribution < 1.29 is 9.53 Å². The fourth-order valence-electron chi connectivity index (χ4n) is 3.00. The summed E-state index contributed by atoms with van der Waals surface area (Å²) in [4.78, 5) is 11.6. The van der Waals surface area contributed by atoms with Gasteiger partial charge >= 0.3 is 6.09 Å². The number of alkyl carbamates (subject to hydrolysis) is 1. The normalized spacial score (nSPS) is 24.7. The van der Waals surface area contributed by atoms with E-state index in [4.69, 9.17) is 4.74 Å². The Hall–Kier alpha value is -0.770.